The number of anilines is 1. The number of nitrogens with one attached hydrogen (secondary N) is 3. The Morgan fingerprint density at radius 1 is 1.00 bits per heavy atom. The van der Waals surface area contributed by atoms with Crippen LogP contribution < -0.4 is 10.6 Å². The fourth-order valence-corrected chi connectivity index (χ4v) is 2.62. The Kier molecular flexibility index (Phi) is 5.09. The van der Waals surface area contributed by atoms with Gasteiger partial charge in [0.1, 0.15) is 12.2 Å². The average molecular weight is 339 g/mol. The Morgan fingerprint density at radius 2 is 1.76 bits per heavy atom. The van der Waals surface area contributed by atoms with Crippen LogP contribution in [-0.4, -0.2) is 23.3 Å². The molecule has 0 spiro atoms. The first-order valence-corrected chi connectivity index (χ1v) is 7.99. The van der Waals surface area contributed by atoms with E-state index in [4.69, 9.17) is 0 Å². The number of benzene rings is 2. The van der Waals surface area contributed by atoms with E-state index in [0.717, 1.165) is 16.5 Å². The Hall–Kier alpha value is -3.15. The number of carbonyl (C=O) groups is 2. The van der Waals surface area contributed by atoms with Gasteiger partial charge in [-0.1, -0.05) is 18.2 Å². The minimum absolute atomic E-state index is 0.273. The van der Waals surface area contributed by atoms with Gasteiger partial charge in [-0.3, -0.25) is 9.59 Å². The normalized spacial score (nSPS) is 10.6. The van der Waals surface area contributed by atoms with E-state index in [1.807, 2.05) is 30.5 Å². The molecule has 1 aromatic heterocycles. The van der Waals surface area contributed by atoms with Gasteiger partial charge in [0.2, 0.25) is 11.8 Å². The molecule has 5 nitrogen and oxygen atoms in total. The summed E-state index contributed by atoms with van der Waals surface area (Å²) in [5.41, 5.74) is 2.63. The van der Waals surface area contributed by atoms with Crippen LogP contribution in [0.3, 0.4) is 0 Å². The maximum atomic E-state index is 12.8. The van der Waals surface area contributed by atoms with Gasteiger partial charge >= 0.3 is 0 Å². The molecule has 0 aliphatic rings. The van der Waals surface area contributed by atoms with Crippen LogP contribution in [0.4, 0.5) is 10.1 Å². The van der Waals surface area contributed by atoms with Crippen LogP contribution in [0, 0.1) is 5.82 Å². The van der Waals surface area contributed by atoms with Crippen molar-refractivity contribution in [1.29, 1.82) is 0 Å². The van der Waals surface area contributed by atoms with Crippen molar-refractivity contribution in [3.63, 3.8) is 0 Å². The van der Waals surface area contributed by atoms with Crippen molar-refractivity contribution in [1.82, 2.24) is 10.3 Å². The van der Waals surface area contributed by atoms with Gasteiger partial charge < -0.3 is 15.6 Å². The number of H-pyrrole nitrogens is 1. The van der Waals surface area contributed by atoms with E-state index in [2.05, 4.69) is 15.6 Å². The molecule has 0 saturated carbocycles. The summed E-state index contributed by atoms with van der Waals surface area (Å²) in [7, 11) is 0. The van der Waals surface area contributed by atoms with E-state index in [9.17, 15) is 14.0 Å². The summed E-state index contributed by atoms with van der Waals surface area (Å²) < 4.78 is 12.8. The first kappa shape index (κ1) is 16.7. The molecular formula is C19H18FN3O2. The monoisotopic (exact) mass is 339 g/mol. The molecule has 0 aliphatic carbocycles. The zero-order valence-electron chi connectivity index (χ0n) is 13.5. The third-order valence-electron chi connectivity index (χ3n) is 3.84. The summed E-state index contributed by atoms with van der Waals surface area (Å²) in [5.74, 6) is -1.16. The van der Waals surface area contributed by atoms with Gasteiger partial charge in [0.05, 0.1) is 0 Å². The van der Waals surface area contributed by atoms with Gasteiger partial charge in [0.15, 0.2) is 0 Å². The fourth-order valence-electron chi connectivity index (χ4n) is 2.62. The number of aromatic nitrogens is 1. The summed E-state index contributed by atoms with van der Waals surface area (Å²) in [4.78, 5) is 26.8. The van der Waals surface area contributed by atoms with E-state index < -0.39 is 5.91 Å². The molecule has 3 rings (SSSR count). The highest BCUT2D eigenvalue weighted by molar-refractivity contribution is 6.03. The molecule has 128 valence electrons. The molecule has 3 N–H and O–H groups in total. The minimum Gasteiger partial charge on any atom is -0.361 e. The molecule has 2 aromatic carbocycles. The first-order chi connectivity index (χ1) is 12.1. The molecule has 0 bridgehead atoms. The van der Waals surface area contributed by atoms with E-state index in [1.165, 1.54) is 24.3 Å². The van der Waals surface area contributed by atoms with Crippen molar-refractivity contribution >= 4 is 28.4 Å². The Labute approximate surface area is 144 Å². The summed E-state index contributed by atoms with van der Waals surface area (Å²) in [6.07, 6.45) is 2.33. The molecule has 0 unspecified atom stereocenters. The van der Waals surface area contributed by atoms with Crippen LogP contribution in [0.2, 0.25) is 0 Å². The van der Waals surface area contributed by atoms with Crippen LogP contribution in [0.1, 0.15) is 12.0 Å². The Balaban J connectivity index is 1.44. The lowest BCUT2D eigenvalue weighted by molar-refractivity contribution is -0.126. The maximum Gasteiger partial charge on any atom is 0.233 e. The van der Waals surface area contributed by atoms with E-state index in [0.29, 0.717) is 18.7 Å². The molecular weight excluding hydrogens is 321 g/mol. The predicted molar refractivity (Wildman–Crippen MR) is 94.7 cm³/mol. The fraction of sp³-hybridized carbons (Fsp3) is 0.158. The number of amides is 2. The van der Waals surface area contributed by atoms with Gasteiger partial charge in [-0.15, -0.1) is 0 Å². The third kappa shape index (κ3) is 4.44. The molecule has 0 radical (unpaired) electrons. The smallest absolute Gasteiger partial charge is 0.233 e. The SMILES string of the molecule is O=C(CC(=O)Nc1ccc(F)cc1)NCCc1c[nH]c2ccccc12. The number of hydrogen-bond donors (Lipinski definition) is 3. The van der Waals surface area contributed by atoms with Gasteiger partial charge in [0, 0.05) is 29.3 Å². The maximum absolute atomic E-state index is 12.8. The molecule has 3 aromatic rings. The lowest BCUT2D eigenvalue weighted by Crippen LogP contribution is -2.29. The molecule has 0 atom stereocenters. The summed E-state index contributed by atoms with van der Waals surface area (Å²) in [6, 6.07) is 13.3. The third-order valence-corrected chi connectivity index (χ3v) is 3.84. The van der Waals surface area contributed by atoms with Crippen molar-refractivity contribution in [2.45, 2.75) is 12.8 Å². The quantitative estimate of drug-likeness (QED) is 0.604. The highest BCUT2D eigenvalue weighted by Crippen LogP contribution is 2.17. The second-order valence-electron chi connectivity index (χ2n) is 5.69. The molecule has 0 saturated heterocycles. The number of para-hydroxylation sites is 1. The molecule has 2 amide bonds. The highest BCUT2D eigenvalue weighted by Gasteiger charge is 2.10. The summed E-state index contributed by atoms with van der Waals surface area (Å²) in [6.45, 7) is 0.449. The Bertz CT molecular complexity index is 887. The van der Waals surface area contributed by atoms with Crippen molar-refractivity contribution in [3.8, 4) is 0 Å². The highest BCUT2D eigenvalue weighted by atomic mass is 19.1. The van der Waals surface area contributed by atoms with Crippen molar-refractivity contribution in [3.05, 3.63) is 66.1 Å². The second kappa shape index (κ2) is 7.61. The zero-order valence-corrected chi connectivity index (χ0v) is 13.5. The number of aromatic amines is 1. The molecule has 6 heteroatoms. The zero-order chi connectivity index (χ0) is 17.6. The topological polar surface area (TPSA) is 74.0 Å². The number of rotatable bonds is 6. The van der Waals surface area contributed by atoms with Crippen LogP contribution in [0.5, 0.6) is 0 Å². The van der Waals surface area contributed by atoms with E-state index in [1.54, 1.807) is 0 Å². The molecule has 1 heterocycles. The lowest BCUT2D eigenvalue weighted by atomic mass is 10.1. The first-order valence-electron chi connectivity index (χ1n) is 7.99. The molecule has 0 fully saturated rings. The van der Waals surface area contributed by atoms with Crippen molar-refractivity contribution in [2.24, 2.45) is 0 Å². The van der Waals surface area contributed by atoms with Crippen LogP contribution in [-0.2, 0) is 16.0 Å². The predicted octanol–water partition coefficient (Wildman–Crippen LogP) is 2.99. The number of fused-ring (bicyclic) bond motifs is 1. The van der Waals surface area contributed by atoms with Gasteiger partial charge in [-0.05, 0) is 42.3 Å². The summed E-state index contributed by atoms with van der Waals surface area (Å²) >= 11 is 0. The van der Waals surface area contributed by atoms with Crippen LogP contribution in [0.25, 0.3) is 10.9 Å². The standard InChI is InChI=1S/C19H18FN3O2/c20-14-5-7-15(8-6-14)23-19(25)11-18(24)21-10-9-13-12-22-17-4-2-1-3-16(13)17/h1-8,12,22H,9-11H2,(H,21,24)(H,23,25). The van der Waals surface area contributed by atoms with Crippen molar-refractivity contribution < 1.29 is 14.0 Å². The number of hydrogen-bond acceptors (Lipinski definition) is 2. The van der Waals surface area contributed by atoms with Crippen LogP contribution in [0.15, 0.2) is 54.7 Å². The lowest BCUT2D eigenvalue weighted by Gasteiger charge is -2.06. The van der Waals surface area contributed by atoms with Crippen LogP contribution >= 0.6 is 0 Å². The second-order valence-corrected chi connectivity index (χ2v) is 5.69. The summed E-state index contributed by atoms with van der Waals surface area (Å²) in [5, 5.41) is 6.42. The van der Waals surface area contributed by atoms with Gasteiger partial charge in [0.25, 0.3) is 0 Å². The number of carbonyl (C=O) groups excluding carboxylic acids is 2. The molecule has 25 heavy (non-hydrogen) atoms. The van der Waals surface area contributed by atoms with Crippen molar-refractivity contribution in [2.75, 3.05) is 11.9 Å². The Morgan fingerprint density at radius 3 is 2.56 bits per heavy atom. The van der Waals surface area contributed by atoms with Gasteiger partial charge in [-0.2, -0.15) is 0 Å². The largest absolute Gasteiger partial charge is 0.361 e. The average Bonchev–Trinajstić information content (AvgIpc) is 3.00. The van der Waals surface area contributed by atoms with E-state index >= 15 is 0 Å². The van der Waals surface area contributed by atoms with E-state index in [-0.39, 0.29) is 18.1 Å². The number of halogens is 1. The molecule has 0 aliphatic heterocycles. The minimum atomic E-state index is -0.434. The van der Waals surface area contributed by atoms with Gasteiger partial charge in [-0.25, -0.2) is 4.39 Å².